The summed E-state index contributed by atoms with van der Waals surface area (Å²) < 4.78 is 0. The molecule has 3 aliphatic rings. The van der Waals surface area contributed by atoms with Crippen molar-refractivity contribution in [3.8, 4) is 0 Å². The smallest absolute Gasteiger partial charge is 0.0409 e. The maximum atomic E-state index is 6.29. The summed E-state index contributed by atoms with van der Waals surface area (Å²) in [4.78, 5) is 0. The highest BCUT2D eigenvalue weighted by atomic mass is 35.5. The summed E-state index contributed by atoms with van der Waals surface area (Å²) in [5.74, 6) is 0. The van der Waals surface area contributed by atoms with Crippen molar-refractivity contribution in [3.05, 3.63) is 34.3 Å². The lowest BCUT2D eigenvalue weighted by atomic mass is 9.55. The standard InChI is InChI=1S/C17H22ClN/c1-16-8-9-19-15(11-16)17(6-2-3-7-17)13-5-4-12(18)10-14(13)16/h4-5,10,15,19H,2-3,6-9,11H2,1H3. The maximum Gasteiger partial charge on any atom is 0.0409 e. The van der Waals surface area contributed by atoms with Crippen LogP contribution in [0.3, 0.4) is 0 Å². The molecule has 2 atom stereocenters. The third kappa shape index (κ3) is 1.58. The molecule has 1 aromatic carbocycles. The van der Waals surface area contributed by atoms with Gasteiger partial charge in [0.2, 0.25) is 0 Å². The zero-order valence-corrected chi connectivity index (χ0v) is 12.4. The fraction of sp³-hybridized carbons (Fsp3) is 0.647. The lowest BCUT2D eigenvalue weighted by Gasteiger charge is -2.54. The monoisotopic (exact) mass is 275 g/mol. The molecule has 102 valence electrons. The van der Waals surface area contributed by atoms with E-state index in [0.717, 1.165) is 11.6 Å². The number of benzene rings is 1. The summed E-state index contributed by atoms with van der Waals surface area (Å²) in [6, 6.07) is 7.38. The fourth-order valence-corrected chi connectivity index (χ4v) is 5.22. The topological polar surface area (TPSA) is 12.0 Å². The molecule has 2 unspecified atom stereocenters. The fourth-order valence-electron chi connectivity index (χ4n) is 5.04. The van der Waals surface area contributed by atoms with Gasteiger partial charge in [-0.3, -0.25) is 0 Å². The average molecular weight is 276 g/mol. The minimum atomic E-state index is 0.337. The van der Waals surface area contributed by atoms with Crippen molar-refractivity contribution in [1.82, 2.24) is 5.32 Å². The van der Waals surface area contributed by atoms with Crippen LogP contribution >= 0.6 is 11.6 Å². The molecule has 2 heteroatoms. The molecule has 19 heavy (non-hydrogen) atoms. The van der Waals surface area contributed by atoms with Gasteiger partial charge in [0.25, 0.3) is 0 Å². The van der Waals surface area contributed by atoms with Crippen molar-refractivity contribution in [2.24, 2.45) is 0 Å². The molecule has 1 nitrogen and oxygen atoms in total. The van der Waals surface area contributed by atoms with Crippen LogP contribution in [0.15, 0.2) is 18.2 Å². The van der Waals surface area contributed by atoms with Gasteiger partial charge in [-0.2, -0.15) is 0 Å². The molecule has 0 radical (unpaired) electrons. The van der Waals surface area contributed by atoms with Crippen LogP contribution in [0.5, 0.6) is 0 Å². The van der Waals surface area contributed by atoms with Gasteiger partial charge in [-0.15, -0.1) is 0 Å². The van der Waals surface area contributed by atoms with Crippen molar-refractivity contribution >= 4 is 11.6 Å². The van der Waals surface area contributed by atoms with Crippen LogP contribution in [0.2, 0.25) is 5.02 Å². The molecule has 1 saturated heterocycles. The Balaban J connectivity index is 1.96. The lowest BCUT2D eigenvalue weighted by molar-refractivity contribution is 0.159. The first-order valence-corrected chi connectivity index (χ1v) is 8.06. The highest BCUT2D eigenvalue weighted by Gasteiger charge is 2.53. The predicted octanol–water partition coefficient (Wildman–Crippen LogP) is 4.18. The molecule has 1 aliphatic heterocycles. The van der Waals surface area contributed by atoms with E-state index in [9.17, 15) is 0 Å². The number of hydrogen-bond acceptors (Lipinski definition) is 1. The molecule has 1 N–H and O–H groups in total. The quantitative estimate of drug-likeness (QED) is 0.749. The van der Waals surface area contributed by atoms with E-state index in [4.69, 9.17) is 11.6 Å². The SMILES string of the molecule is CC12CCNC(C1)C1(CCCC1)c1ccc(Cl)cc12. The predicted molar refractivity (Wildman–Crippen MR) is 80.0 cm³/mol. The van der Waals surface area contributed by atoms with E-state index in [0.29, 0.717) is 16.9 Å². The van der Waals surface area contributed by atoms with Crippen LogP contribution in [0, 0.1) is 0 Å². The largest absolute Gasteiger partial charge is 0.313 e. The zero-order valence-electron chi connectivity index (χ0n) is 11.6. The van der Waals surface area contributed by atoms with E-state index >= 15 is 0 Å². The first-order chi connectivity index (χ1) is 9.14. The molecule has 1 heterocycles. The molecule has 1 aromatic rings. The second-order valence-electron chi connectivity index (χ2n) is 7.07. The van der Waals surface area contributed by atoms with Crippen molar-refractivity contribution in [3.63, 3.8) is 0 Å². The van der Waals surface area contributed by atoms with Gasteiger partial charge in [0, 0.05) is 16.5 Å². The zero-order chi connectivity index (χ0) is 13.1. The van der Waals surface area contributed by atoms with E-state index < -0.39 is 0 Å². The lowest BCUT2D eigenvalue weighted by Crippen LogP contribution is -2.59. The highest BCUT2D eigenvalue weighted by molar-refractivity contribution is 6.30. The number of rotatable bonds is 0. The van der Waals surface area contributed by atoms with Crippen molar-refractivity contribution < 1.29 is 0 Å². The first-order valence-electron chi connectivity index (χ1n) is 7.68. The van der Waals surface area contributed by atoms with Crippen molar-refractivity contribution in [2.45, 2.75) is 62.3 Å². The van der Waals surface area contributed by atoms with Crippen molar-refractivity contribution in [2.75, 3.05) is 6.54 Å². The highest BCUT2D eigenvalue weighted by Crippen LogP contribution is 2.56. The Kier molecular flexibility index (Phi) is 2.57. The van der Waals surface area contributed by atoms with Gasteiger partial charge in [0.05, 0.1) is 0 Å². The van der Waals surface area contributed by atoms with Gasteiger partial charge in [0.15, 0.2) is 0 Å². The third-order valence-electron chi connectivity index (χ3n) is 6.05. The Morgan fingerprint density at radius 3 is 2.74 bits per heavy atom. The molecule has 1 saturated carbocycles. The van der Waals surface area contributed by atoms with Gasteiger partial charge >= 0.3 is 0 Å². The number of nitrogens with one attached hydrogen (secondary N) is 1. The summed E-state index contributed by atoms with van der Waals surface area (Å²) in [5, 5.41) is 4.74. The molecule has 2 aliphatic carbocycles. The van der Waals surface area contributed by atoms with E-state index in [2.05, 4.69) is 30.4 Å². The Morgan fingerprint density at radius 1 is 1.16 bits per heavy atom. The Bertz CT molecular complexity index is 518. The van der Waals surface area contributed by atoms with Crippen LogP contribution in [0.4, 0.5) is 0 Å². The molecular weight excluding hydrogens is 254 g/mol. The Hall–Kier alpha value is -0.530. The normalized spacial score (nSPS) is 35.4. The third-order valence-corrected chi connectivity index (χ3v) is 6.29. The number of fused-ring (bicyclic) bond motifs is 6. The Morgan fingerprint density at radius 2 is 1.95 bits per heavy atom. The second-order valence-corrected chi connectivity index (χ2v) is 7.51. The van der Waals surface area contributed by atoms with Gasteiger partial charge in [-0.25, -0.2) is 0 Å². The van der Waals surface area contributed by atoms with E-state index in [1.807, 2.05) is 0 Å². The van der Waals surface area contributed by atoms with Gasteiger partial charge in [0.1, 0.15) is 0 Å². The number of halogens is 1. The maximum absolute atomic E-state index is 6.29. The van der Waals surface area contributed by atoms with Gasteiger partial charge in [-0.1, -0.05) is 37.4 Å². The summed E-state index contributed by atoms with van der Waals surface area (Å²) in [6.07, 6.45) is 8.02. The minimum absolute atomic E-state index is 0.337. The minimum Gasteiger partial charge on any atom is -0.313 e. The molecule has 0 amide bonds. The summed E-state index contributed by atoms with van der Waals surface area (Å²) >= 11 is 6.29. The van der Waals surface area contributed by atoms with Crippen LogP contribution in [0.1, 0.15) is 56.6 Å². The second kappa shape index (κ2) is 3.99. The molecule has 2 fully saturated rings. The number of piperidine rings is 1. The van der Waals surface area contributed by atoms with Gasteiger partial charge < -0.3 is 5.32 Å². The van der Waals surface area contributed by atoms with Crippen LogP contribution in [-0.2, 0) is 10.8 Å². The van der Waals surface area contributed by atoms with E-state index in [1.54, 1.807) is 11.1 Å². The summed E-state index contributed by atoms with van der Waals surface area (Å²) in [6.45, 7) is 3.60. The first kappa shape index (κ1) is 12.2. The average Bonchev–Trinajstić information content (AvgIpc) is 2.88. The van der Waals surface area contributed by atoms with Gasteiger partial charge in [-0.05, 0) is 60.9 Å². The van der Waals surface area contributed by atoms with E-state index in [-0.39, 0.29) is 0 Å². The van der Waals surface area contributed by atoms with Crippen molar-refractivity contribution in [1.29, 1.82) is 0 Å². The number of hydrogen-bond donors (Lipinski definition) is 1. The molecular formula is C17H22ClN. The molecule has 4 rings (SSSR count). The molecule has 0 aromatic heterocycles. The summed E-state index contributed by atoms with van der Waals surface area (Å²) in [7, 11) is 0. The van der Waals surface area contributed by atoms with Crippen LogP contribution in [-0.4, -0.2) is 12.6 Å². The van der Waals surface area contributed by atoms with Crippen LogP contribution in [0.25, 0.3) is 0 Å². The Labute approximate surface area is 120 Å². The molecule has 1 spiro atoms. The van der Waals surface area contributed by atoms with E-state index in [1.165, 1.54) is 38.5 Å². The van der Waals surface area contributed by atoms with Crippen LogP contribution < -0.4 is 5.32 Å². The molecule has 2 bridgehead atoms. The summed E-state index contributed by atoms with van der Waals surface area (Å²) in [5.41, 5.74) is 3.91.